The van der Waals surface area contributed by atoms with E-state index in [1.807, 2.05) is 12.1 Å². The van der Waals surface area contributed by atoms with Crippen LogP contribution in [0.25, 0.3) is 0 Å². The molecule has 1 fully saturated rings. The van der Waals surface area contributed by atoms with Gasteiger partial charge in [0.25, 0.3) is 5.91 Å². The number of ether oxygens (including phenoxy) is 3. The molecule has 0 radical (unpaired) electrons. The van der Waals surface area contributed by atoms with Gasteiger partial charge in [-0.25, -0.2) is 0 Å². The zero-order valence-electron chi connectivity index (χ0n) is 23.3. The van der Waals surface area contributed by atoms with E-state index in [9.17, 15) is 4.79 Å². The van der Waals surface area contributed by atoms with Crippen molar-refractivity contribution in [2.24, 2.45) is 11.7 Å². The number of carbonyl (C=O) groups is 1. The highest BCUT2D eigenvalue weighted by atomic mass is 16.5. The molecule has 1 aliphatic carbocycles. The third-order valence-corrected chi connectivity index (χ3v) is 7.78. The van der Waals surface area contributed by atoms with Crippen LogP contribution in [0.15, 0.2) is 72.8 Å². The Morgan fingerprint density at radius 2 is 1.62 bits per heavy atom. The SMILES string of the molecule is COc1ccc(CN(CCCOc2ccccc2C(N)=O)CC(c2ccccc2)C2CCCCC2)cc1OC. The smallest absolute Gasteiger partial charge is 0.252 e. The van der Waals surface area contributed by atoms with Gasteiger partial charge in [0, 0.05) is 19.6 Å². The second-order valence-corrected chi connectivity index (χ2v) is 10.4. The maximum absolute atomic E-state index is 11.8. The fourth-order valence-electron chi connectivity index (χ4n) is 5.78. The van der Waals surface area contributed by atoms with Crippen molar-refractivity contribution in [1.29, 1.82) is 0 Å². The number of nitrogens with two attached hydrogens (primary N) is 1. The van der Waals surface area contributed by atoms with E-state index >= 15 is 0 Å². The molecule has 4 rings (SSSR count). The van der Waals surface area contributed by atoms with E-state index < -0.39 is 5.91 Å². The van der Waals surface area contributed by atoms with E-state index in [0.717, 1.165) is 37.6 Å². The Balaban J connectivity index is 1.51. The third-order valence-electron chi connectivity index (χ3n) is 7.78. The number of primary amides is 1. The lowest BCUT2D eigenvalue weighted by Crippen LogP contribution is -2.33. The van der Waals surface area contributed by atoms with Crippen molar-refractivity contribution in [3.63, 3.8) is 0 Å². The fraction of sp³-hybridized carbons (Fsp3) is 0.424. The Labute approximate surface area is 233 Å². The molecule has 6 nitrogen and oxygen atoms in total. The van der Waals surface area contributed by atoms with Crippen molar-refractivity contribution in [3.05, 3.63) is 89.5 Å². The third kappa shape index (κ3) is 7.99. The van der Waals surface area contributed by atoms with Crippen LogP contribution in [0.1, 0.15) is 65.9 Å². The van der Waals surface area contributed by atoms with E-state index in [2.05, 4.69) is 47.4 Å². The number of nitrogens with zero attached hydrogens (tertiary/aromatic N) is 1. The van der Waals surface area contributed by atoms with Crippen LogP contribution in [0, 0.1) is 5.92 Å². The molecule has 3 aromatic rings. The normalized spacial score (nSPS) is 14.6. The number of carbonyl (C=O) groups excluding carboxylic acids is 1. The Morgan fingerprint density at radius 1 is 0.897 bits per heavy atom. The average molecular weight is 531 g/mol. The first kappa shape index (κ1) is 28.5. The Hall–Kier alpha value is -3.51. The fourth-order valence-corrected chi connectivity index (χ4v) is 5.78. The number of hydrogen-bond acceptors (Lipinski definition) is 5. The van der Waals surface area contributed by atoms with Crippen LogP contribution in [0.3, 0.4) is 0 Å². The Morgan fingerprint density at radius 3 is 2.33 bits per heavy atom. The summed E-state index contributed by atoms with van der Waals surface area (Å²) in [4.78, 5) is 14.3. The molecule has 0 aliphatic heterocycles. The summed E-state index contributed by atoms with van der Waals surface area (Å²) < 4.78 is 17.0. The van der Waals surface area contributed by atoms with Crippen LogP contribution < -0.4 is 19.9 Å². The number of hydrogen-bond donors (Lipinski definition) is 1. The molecule has 1 aliphatic rings. The van der Waals surface area contributed by atoms with Crippen LogP contribution in [0.4, 0.5) is 0 Å². The number of para-hydroxylation sites is 1. The molecular weight excluding hydrogens is 488 g/mol. The minimum atomic E-state index is -0.473. The molecule has 1 saturated carbocycles. The summed E-state index contributed by atoms with van der Waals surface area (Å²) in [7, 11) is 3.34. The van der Waals surface area contributed by atoms with Crippen LogP contribution in [-0.2, 0) is 6.54 Å². The van der Waals surface area contributed by atoms with E-state index in [1.54, 1.807) is 32.4 Å². The summed E-state index contributed by atoms with van der Waals surface area (Å²) in [6.45, 7) is 3.14. The molecule has 0 bridgehead atoms. The standard InChI is InChI=1S/C33H42N2O4/c1-37-31-19-18-25(22-32(31)38-2)23-35(20-11-21-39-30-17-10-9-16-28(30)33(34)36)24-29(26-12-5-3-6-13-26)27-14-7-4-8-15-27/h3,5-6,9-10,12-13,16-19,22,27,29H,4,7-8,11,14-15,20-21,23-24H2,1-2H3,(H2,34,36). The van der Waals surface area contributed by atoms with E-state index in [4.69, 9.17) is 19.9 Å². The molecule has 1 atom stereocenters. The van der Waals surface area contributed by atoms with Crippen molar-refractivity contribution in [3.8, 4) is 17.2 Å². The second-order valence-electron chi connectivity index (χ2n) is 10.4. The highest BCUT2D eigenvalue weighted by Gasteiger charge is 2.27. The van der Waals surface area contributed by atoms with Crippen molar-refractivity contribution in [2.75, 3.05) is 33.9 Å². The number of benzene rings is 3. The molecule has 1 amide bonds. The monoisotopic (exact) mass is 530 g/mol. The molecule has 1 unspecified atom stereocenters. The van der Waals surface area contributed by atoms with E-state index in [1.165, 1.54) is 43.2 Å². The van der Waals surface area contributed by atoms with Crippen molar-refractivity contribution < 1.29 is 19.0 Å². The summed E-state index contributed by atoms with van der Waals surface area (Å²) in [5.41, 5.74) is 8.56. The molecule has 39 heavy (non-hydrogen) atoms. The van der Waals surface area contributed by atoms with Gasteiger partial charge in [-0.3, -0.25) is 9.69 Å². The lowest BCUT2D eigenvalue weighted by molar-refractivity contribution is 0.0996. The molecule has 0 saturated heterocycles. The van der Waals surface area contributed by atoms with Crippen molar-refractivity contribution in [2.45, 2.75) is 51.0 Å². The molecule has 0 spiro atoms. The van der Waals surface area contributed by atoms with Crippen LogP contribution in [0.2, 0.25) is 0 Å². The van der Waals surface area contributed by atoms with Gasteiger partial charge in [-0.1, -0.05) is 67.8 Å². The maximum atomic E-state index is 11.8. The number of amides is 1. The predicted octanol–water partition coefficient (Wildman–Crippen LogP) is 6.44. The lowest BCUT2D eigenvalue weighted by Gasteiger charge is -2.35. The first-order valence-corrected chi connectivity index (χ1v) is 14.1. The first-order chi connectivity index (χ1) is 19.1. The number of rotatable bonds is 14. The minimum absolute atomic E-state index is 0.418. The van der Waals surface area contributed by atoms with Crippen LogP contribution in [-0.4, -0.2) is 44.7 Å². The Bertz CT molecular complexity index is 1180. The molecule has 2 N–H and O–H groups in total. The molecule has 0 aromatic heterocycles. The van der Waals surface area contributed by atoms with Gasteiger partial charge in [0.1, 0.15) is 5.75 Å². The van der Waals surface area contributed by atoms with Gasteiger partial charge in [-0.15, -0.1) is 0 Å². The lowest BCUT2D eigenvalue weighted by atomic mass is 9.76. The summed E-state index contributed by atoms with van der Waals surface area (Å²) >= 11 is 0. The van der Waals surface area contributed by atoms with Gasteiger partial charge in [0.2, 0.25) is 0 Å². The van der Waals surface area contributed by atoms with Gasteiger partial charge in [-0.2, -0.15) is 0 Å². The average Bonchev–Trinajstić information content (AvgIpc) is 2.98. The molecular formula is C33H42N2O4. The van der Waals surface area contributed by atoms with Crippen LogP contribution >= 0.6 is 0 Å². The minimum Gasteiger partial charge on any atom is -0.493 e. The van der Waals surface area contributed by atoms with E-state index in [0.29, 0.717) is 29.8 Å². The molecule has 0 heterocycles. The summed E-state index contributed by atoms with van der Waals surface area (Å²) in [5, 5.41) is 0. The zero-order valence-corrected chi connectivity index (χ0v) is 23.3. The maximum Gasteiger partial charge on any atom is 0.252 e. The largest absolute Gasteiger partial charge is 0.493 e. The zero-order chi connectivity index (χ0) is 27.5. The van der Waals surface area contributed by atoms with Gasteiger partial charge < -0.3 is 19.9 Å². The summed E-state index contributed by atoms with van der Waals surface area (Å²) in [6, 6.07) is 24.3. The number of methoxy groups -OCH3 is 2. The van der Waals surface area contributed by atoms with Gasteiger partial charge in [0.15, 0.2) is 11.5 Å². The van der Waals surface area contributed by atoms with E-state index in [-0.39, 0.29) is 0 Å². The van der Waals surface area contributed by atoms with Gasteiger partial charge in [0.05, 0.1) is 26.4 Å². The van der Waals surface area contributed by atoms with Gasteiger partial charge in [-0.05, 0) is 66.5 Å². The van der Waals surface area contributed by atoms with Crippen molar-refractivity contribution in [1.82, 2.24) is 4.90 Å². The first-order valence-electron chi connectivity index (χ1n) is 14.1. The highest BCUT2D eigenvalue weighted by Crippen LogP contribution is 2.37. The van der Waals surface area contributed by atoms with Crippen molar-refractivity contribution >= 4 is 5.91 Å². The summed E-state index contributed by atoms with van der Waals surface area (Å²) in [6.07, 6.45) is 7.38. The van der Waals surface area contributed by atoms with Gasteiger partial charge >= 0.3 is 0 Å². The predicted molar refractivity (Wildman–Crippen MR) is 156 cm³/mol. The summed E-state index contributed by atoms with van der Waals surface area (Å²) in [5.74, 6) is 2.71. The highest BCUT2D eigenvalue weighted by molar-refractivity contribution is 5.95. The molecule has 6 heteroatoms. The molecule has 208 valence electrons. The quantitative estimate of drug-likeness (QED) is 0.243. The molecule has 3 aromatic carbocycles. The van der Waals surface area contributed by atoms with Crippen LogP contribution in [0.5, 0.6) is 17.2 Å². The topological polar surface area (TPSA) is 74.0 Å². The Kier molecular flexibility index (Phi) is 10.7. The second kappa shape index (κ2) is 14.6.